The van der Waals surface area contributed by atoms with Crippen molar-refractivity contribution in [1.82, 2.24) is 10.2 Å². The predicted octanol–water partition coefficient (Wildman–Crippen LogP) is 1.89. The Labute approximate surface area is 121 Å². The van der Waals surface area contributed by atoms with Gasteiger partial charge in [0, 0.05) is 44.9 Å². The van der Waals surface area contributed by atoms with Crippen LogP contribution in [0.5, 0.6) is 0 Å². The van der Waals surface area contributed by atoms with E-state index in [0.717, 1.165) is 31.6 Å². The molecule has 3 heterocycles. The van der Waals surface area contributed by atoms with Crippen molar-refractivity contribution in [2.75, 3.05) is 32.8 Å². The average molecular weight is 272 g/mol. The summed E-state index contributed by atoms with van der Waals surface area (Å²) in [5.74, 6) is 1.67. The van der Waals surface area contributed by atoms with Crippen LogP contribution in [0.25, 0.3) is 0 Å². The van der Waals surface area contributed by atoms with Crippen LogP contribution in [0.4, 0.5) is 0 Å². The summed E-state index contributed by atoms with van der Waals surface area (Å²) in [7, 11) is 0. The molecule has 20 heavy (non-hydrogen) atoms. The second-order valence-corrected chi connectivity index (χ2v) is 6.70. The summed E-state index contributed by atoms with van der Waals surface area (Å²) in [4.78, 5) is 2.66. The minimum atomic E-state index is 0.383. The smallest absolute Gasteiger partial charge is 0.0483 e. The van der Waals surface area contributed by atoms with Gasteiger partial charge in [-0.1, -0.05) is 30.3 Å². The summed E-state index contributed by atoms with van der Waals surface area (Å²) >= 11 is 0. The van der Waals surface area contributed by atoms with Crippen molar-refractivity contribution in [1.29, 1.82) is 0 Å². The fourth-order valence-corrected chi connectivity index (χ4v) is 4.51. The summed E-state index contributed by atoms with van der Waals surface area (Å²) in [5, 5.41) is 3.85. The topological polar surface area (TPSA) is 24.5 Å². The average Bonchev–Trinajstić information content (AvgIpc) is 3.03. The second-order valence-electron chi connectivity index (χ2n) is 6.70. The molecule has 1 N–H and O–H groups in total. The Bertz CT molecular complexity index is 450. The summed E-state index contributed by atoms with van der Waals surface area (Å²) in [5.41, 5.74) is 1.83. The van der Waals surface area contributed by atoms with Crippen molar-refractivity contribution in [3.8, 4) is 0 Å². The van der Waals surface area contributed by atoms with Gasteiger partial charge in [0.1, 0.15) is 0 Å². The van der Waals surface area contributed by atoms with Crippen LogP contribution < -0.4 is 5.32 Å². The lowest BCUT2D eigenvalue weighted by Gasteiger charge is -2.39. The van der Waals surface area contributed by atoms with E-state index in [0.29, 0.717) is 5.54 Å². The van der Waals surface area contributed by atoms with Crippen LogP contribution in [0.1, 0.15) is 18.4 Å². The van der Waals surface area contributed by atoms with Gasteiger partial charge < -0.3 is 10.1 Å². The number of rotatable bonds is 2. The summed E-state index contributed by atoms with van der Waals surface area (Å²) in [6.45, 7) is 6.71. The van der Waals surface area contributed by atoms with E-state index in [1.165, 1.54) is 38.0 Å². The Morgan fingerprint density at radius 1 is 1.15 bits per heavy atom. The van der Waals surface area contributed by atoms with Gasteiger partial charge in [-0.2, -0.15) is 0 Å². The molecule has 0 amide bonds. The molecule has 3 fully saturated rings. The van der Waals surface area contributed by atoms with Crippen molar-refractivity contribution in [3.63, 3.8) is 0 Å². The van der Waals surface area contributed by atoms with Gasteiger partial charge in [0.2, 0.25) is 0 Å². The fourth-order valence-electron chi connectivity index (χ4n) is 4.51. The van der Waals surface area contributed by atoms with Crippen LogP contribution in [-0.4, -0.2) is 43.3 Å². The molecule has 3 aliphatic heterocycles. The maximum atomic E-state index is 5.57. The van der Waals surface area contributed by atoms with E-state index < -0.39 is 0 Å². The van der Waals surface area contributed by atoms with E-state index in [4.69, 9.17) is 4.74 Å². The lowest BCUT2D eigenvalue weighted by Crippen LogP contribution is -2.50. The molecule has 0 saturated carbocycles. The van der Waals surface area contributed by atoms with Gasteiger partial charge in [-0.25, -0.2) is 0 Å². The molecular formula is C17H24N2O. The van der Waals surface area contributed by atoms with E-state index in [1.807, 2.05) is 0 Å². The summed E-state index contributed by atoms with van der Waals surface area (Å²) < 4.78 is 5.57. The van der Waals surface area contributed by atoms with Gasteiger partial charge in [-0.15, -0.1) is 0 Å². The van der Waals surface area contributed by atoms with E-state index in [-0.39, 0.29) is 0 Å². The number of benzene rings is 1. The Morgan fingerprint density at radius 2 is 1.95 bits per heavy atom. The first kappa shape index (κ1) is 12.8. The maximum absolute atomic E-state index is 5.57. The normalized spacial score (nSPS) is 32.6. The SMILES string of the molecule is c1ccc(CN2CC3CNC4(CCOCC4)C3C2)cc1. The van der Waals surface area contributed by atoms with Crippen LogP contribution in [0.2, 0.25) is 0 Å². The van der Waals surface area contributed by atoms with Crippen LogP contribution >= 0.6 is 0 Å². The van der Waals surface area contributed by atoms with Gasteiger partial charge in [0.15, 0.2) is 0 Å². The largest absolute Gasteiger partial charge is 0.381 e. The van der Waals surface area contributed by atoms with Crippen LogP contribution in [-0.2, 0) is 11.3 Å². The van der Waals surface area contributed by atoms with E-state index in [2.05, 4.69) is 40.5 Å². The molecule has 2 atom stereocenters. The quantitative estimate of drug-likeness (QED) is 0.890. The number of hydrogen-bond acceptors (Lipinski definition) is 3. The highest BCUT2D eigenvalue weighted by atomic mass is 16.5. The standard InChI is InChI=1S/C17H24N2O/c1-2-4-14(5-3-1)11-19-12-15-10-18-17(16(15)13-19)6-8-20-9-7-17/h1-5,15-16,18H,6-13H2. The lowest BCUT2D eigenvalue weighted by atomic mass is 9.77. The number of hydrogen-bond donors (Lipinski definition) is 1. The molecule has 2 unspecified atom stereocenters. The number of nitrogens with one attached hydrogen (secondary N) is 1. The molecule has 1 spiro atoms. The first-order valence-corrected chi connectivity index (χ1v) is 7.95. The highest BCUT2D eigenvalue weighted by molar-refractivity contribution is 5.16. The lowest BCUT2D eigenvalue weighted by molar-refractivity contribution is 0.0258. The van der Waals surface area contributed by atoms with Gasteiger partial charge in [0.25, 0.3) is 0 Å². The molecule has 4 rings (SSSR count). The van der Waals surface area contributed by atoms with Gasteiger partial charge >= 0.3 is 0 Å². The molecule has 0 radical (unpaired) electrons. The van der Waals surface area contributed by atoms with E-state index in [1.54, 1.807) is 0 Å². The zero-order valence-corrected chi connectivity index (χ0v) is 12.1. The zero-order chi connectivity index (χ0) is 13.4. The highest BCUT2D eigenvalue weighted by Gasteiger charge is 2.52. The molecule has 3 aliphatic rings. The Kier molecular flexibility index (Phi) is 3.29. The van der Waals surface area contributed by atoms with Crippen LogP contribution in [0, 0.1) is 11.8 Å². The third kappa shape index (κ3) is 2.18. The highest BCUT2D eigenvalue weighted by Crippen LogP contribution is 2.43. The van der Waals surface area contributed by atoms with Crippen molar-refractivity contribution >= 4 is 0 Å². The van der Waals surface area contributed by atoms with Crippen molar-refractivity contribution in [2.45, 2.75) is 24.9 Å². The Balaban J connectivity index is 1.45. The predicted molar refractivity (Wildman–Crippen MR) is 79.5 cm³/mol. The molecule has 0 bridgehead atoms. The number of nitrogens with zero attached hydrogens (tertiary/aromatic N) is 1. The fraction of sp³-hybridized carbons (Fsp3) is 0.647. The van der Waals surface area contributed by atoms with Crippen molar-refractivity contribution < 1.29 is 4.74 Å². The monoisotopic (exact) mass is 272 g/mol. The van der Waals surface area contributed by atoms with Crippen LogP contribution in [0.3, 0.4) is 0 Å². The minimum absolute atomic E-state index is 0.383. The first-order chi connectivity index (χ1) is 9.86. The minimum Gasteiger partial charge on any atom is -0.381 e. The molecule has 3 nitrogen and oxygen atoms in total. The zero-order valence-electron chi connectivity index (χ0n) is 12.1. The molecule has 1 aromatic rings. The number of likely N-dealkylation sites (tertiary alicyclic amines) is 1. The molecule has 0 aromatic heterocycles. The molecule has 1 aromatic carbocycles. The third-order valence-corrected chi connectivity index (χ3v) is 5.58. The van der Waals surface area contributed by atoms with Crippen molar-refractivity contribution in [2.24, 2.45) is 11.8 Å². The Hall–Kier alpha value is -0.900. The van der Waals surface area contributed by atoms with Gasteiger partial charge in [-0.05, 0) is 30.2 Å². The first-order valence-electron chi connectivity index (χ1n) is 7.95. The second kappa shape index (κ2) is 5.14. The Morgan fingerprint density at radius 3 is 2.75 bits per heavy atom. The third-order valence-electron chi connectivity index (χ3n) is 5.58. The molecule has 3 saturated heterocycles. The molecular weight excluding hydrogens is 248 g/mol. The molecule has 3 heteroatoms. The van der Waals surface area contributed by atoms with E-state index in [9.17, 15) is 0 Å². The summed E-state index contributed by atoms with van der Waals surface area (Å²) in [6.07, 6.45) is 2.40. The van der Waals surface area contributed by atoms with Crippen molar-refractivity contribution in [3.05, 3.63) is 35.9 Å². The molecule has 0 aliphatic carbocycles. The maximum Gasteiger partial charge on any atom is 0.0483 e. The number of ether oxygens (including phenoxy) is 1. The van der Waals surface area contributed by atoms with Crippen LogP contribution in [0.15, 0.2) is 30.3 Å². The molecule has 108 valence electrons. The van der Waals surface area contributed by atoms with Gasteiger partial charge in [0.05, 0.1) is 0 Å². The summed E-state index contributed by atoms with van der Waals surface area (Å²) in [6, 6.07) is 10.9. The number of fused-ring (bicyclic) bond motifs is 2. The van der Waals surface area contributed by atoms with E-state index >= 15 is 0 Å². The van der Waals surface area contributed by atoms with Gasteiger partial charge in [-0.3, -0.25) is 4.90 Å².